The first-order valence-electron chi connectivity index (χ1n) is 7.50. The molecule has 6 nitrogen and oxygen atoms in total. The van der Waals surface area contributed by atoms with Crippen molar-refractivity contribution in [3.63, 3.8) is 0 Å². The number of ether oxygens (including phenoxy) is 2. The molecule has 8 heteroatoms. The number of hydrogen-bond acceptors (Lipinski definition) is 5. The van der Waals surface area contributed by atoms with Crippen LogP contribution >= 0.6 is 0 Å². The molecule has 1 aromatic carbocycles. The lowest BCUT2D eigenvalue weighted by Crippen LogP contribution is -2.53. The van der Waals surface area contributed by atoms with Crippen molar-refractivity contribution in [3.8, 4) is 0 Å². The molecular weight excluding hydrogens is 322 g/mol. The predicted octanol–water partition coefficient (Wildman–Crippen LogP) is 0.638. The third-order valence-electron chi connectivity index (χ3n) is 3.75. The van der Waals surface area contributed by atoms with Crippen LogP contribution in [0, 0.1) is 0 Å². The number of alkyl halides is 2. The van der Waals surface area contributed by atoms with E-state index in [1.807, 2.05) is 30.3 Å². The van der Waals surface area contributed by atoms with Gasteiger partial charge in [0.15, 0.2) is 5.78 Å². The van der Waals surface area contributed by atoms with Gasteiger partial charge in [0.05, 0.1) is 19.3 Å². The topological polar surface area (TPSA) is 94.0 Å². The van der Waals surface area contributed by atoms with Crippen LogP contribution in [0.25, 0.3) is 0 Å². The number of hydrogen-bond donors (Lipinski definition) is 2. The first-order chi connectivity index (χ1) is 11.3. The van der Waals surface area contributed by atoms with Gasteiger partial charge in [0.1, 0.15) is 11.6 Å². The lowest BCUT2D eigenvalue weighted by Gasteiger charge is -2.21. The zero-order chi connectivity index (χ0) is 17.7. The lowest BCUT2D eigenvalue weighted by molar-refractivity contribution is -0.143. The van der Waals surface area contributed by atoms with Gasteiger partial charge in [0.2, 0.25) is 5.91 Å². The second-order valence-electron chi connectivity index (χ2n) is 5.84. The maximum Gasteiger partial charge on any atom is 0.345 e. The number of carbonyl (C=O) groups is 2. The summed E-state index contributed by atoms with van der Waals surface area (Å²) in [6.45, 7) is -1.72. The summed E-state index contributed by atoms with van der Waals surface area (Å²) < 4.78 is 33.2. The van der Waals surface area contributed by atoms with Gasteiger partial charge in [-0.1, -0.05) is 30.3 Å². The highest BCUT2D eigenvalue weighted by Crippen LogP contribution is 2.29. The summed E-state index contributed by atoms with van der Waals surface area (Å²) in [6.07, 6.45) is 0.257. The molecule has 2 rings (SSSR count). The number of Topliss-reactive ketones (excluding diaryl/α,β-unsaturated/α-hetero) is 1. The third kappa shape index (κ3) is 5.05. The van der Waals surface area contributed by atoms with Crippen LogP contribution < -0.4 is 11.1 Å². The number of nitrogens with one attached hydrogen (secondary N) is 1. The van der Waals surface area contributed by atoms with Gasteiger partial charge < -0.3 is 20.5 Å². The summed E-state index contributed by atoms with van der Waals surface area (Å²) in [5, 5.41) is 2.52. The Morgan fingerprint density at radius 2 is 2.00 bits per heavy atom. The number of epoxide rings is 1. The number of amides is 1. The van der Waals surface area contributed by atoms with E-state index < -0.39 is 36.8 Å². The normalized spacial score (nSPS) is 22.0. The van der Waals surface area contributed by atoms with E-state index in [0.717, 1.165) is 5.56 Å². The Labute approximate surface area is 138 Å². The maximum atomic E-state index is 12.5. The fraction of sp³-hybridized carbons (Fsp3) is 0.500. The van der Waals surface area contributed by atoms with Gasteiger partial charge in [0, 0.05) is 0 Å². The molecule has 0 bridgehead atoms. The first kappa shape index (κ1) is 18.4. The highest BCUT2D eigenvalue weighted by atomic mass is 19.3. The number of ketones is 1. The lowest BCUT2D eigenvalue weighted by atomic mass is 9.94. The molecule has 1 saturated heterocycles. The molecule has 1 heterocycles. The summed E-state index contributed by atoms with van der Waals surface area (Å²) >= 11 is 0. The van der Waals surface area contributed by atoms with Crippen molar-refractivity contribution in [2.45, 2.75) is 37.6 Å². The van der Waals surface area contributed by atoms with Gasteiger partial charge in [-0.2, -0.15) is 8.78 Å². The molecule has 0 radical (unpaired) electrons. The van der Waals surface area contributed by atoms with Crippen LogP contribution in [0.4, 0.5) is 8.78 Å². The average Bonchev–Trinajstić information content (AvgIpc) is 3.31. The average molecular weight is 342 g/mol. The quantitative estimate of drug-likeness (QED) is 0.642. The summed E-state index contributed by atoms with van der Waals surface area (Å²) in [6, 6.07) is 6.96. The van der Waals surface area contributed by atoms with Crippen LogP contribution in [0.1, 0.15) is 12.5 Å². The Morgan fingerprint density at radius 3 is 2.54 bits per heavy atom. The predicted molar refractivity (Wildman–Crippen MR) is 81.4 cm³/mol. The van der Waals surface area contributed by atoms with Crippen LogP contribution in [0.5, 0.6) is 0 Å². The Morgan fingerprint density at radius 1 is 1.38 bits per heavy atom. The van der Waals surface area contributed by atoms with Crippen LogP contribution in [-0.4, -0.2) is 49.2 Å². The number of carbonyl (C=O) groups excluding carboxylic acids is 2. The van der Waals surface area contributed by atoms with Crippen molar-refractivity contribution in [1.29, 1.82) is 0 Å². The van der Waals surface area contributed by atoms with Gasteiger partial charge in [-0.15, -0.1) is 0 Å². The Kier molecular flexibility index (Phi) is 5.98. The maximum absolute atomic E-state index is 12.5. The van der Waals surface area contributed by atoms with E-state index in [4.69, 9.17) is 10.5 Å². The molecule has 1 aliphatic rings. The third-order valence-corrected chi connectivity index (χ3v) is 3.75. The minimum Gasteiger partial charge on any atom is -0.361 e. The molecule has 1 aromatic rings. The molecule has 0 aliphatic carbocycles. The van der Waals surface area contributed by atoms with Crippen LogP contribution in [0.2, 0.25) is 0 Å². The molecule has 0 unspecified atom stereocenters. The van der Waals surface area contributed by atoms with Crippen molar-refractivity contribution in [3.05, 3.63) is 35.9 Å². The summed E-state index contributed by atoms with van der Waals surface area (Å²) in [7, 11) is 0. The van der Waals surface area contributed by atoms with Gasteiger partial charge >= 0.3 is 6.61 Å². The first-order valence-corrected chi connectivity index (χ1v) is 7.50. The second-order valence-corrected chi connectivity index (χ2v) is 5.84. The van der Waals surface area contributed by atoms with Crippen molar-refractivity contribution < 1.29 is 27.8 Å². The van der Waals surface area contributed by atoms with E-state index in [1.54, 1.807) is 6.92 Å². The number of nitrogens with two attached hydrogens (primary N) is 1. The molecule has 1 fully saturated rings. The highest BCUT2D eigenvalue weighted by Gasteiger charge is 2.50. The zero-order valence-electron chi connectivity index (χ0n) is 13.2. The van der Waals surface area contributed by atoms with Crippen molar-refractivity contribution >= 4 is 11.7 Å². The monoisotopic (exact) mass is 342 g/mol. The molecule has 0 saturated carbocycles. The van der Waals surface area contributed by atoms with E-state index >= 15 is 0 Å². The molecular formula is C16H20F2N2O4. The molecule has 1 aliphatic heterocycles. The Balaban J connectivity index is 2.02. The molecule has 3 atom stereocenters. The van der Waals surface area contributed by atoms with Gasteiger partial charge in [-0.3, -0.25) is 9.59 Å². The Hall–Kier alpha value is -1.90. The summed E-state index contributed by atoms with van der Waals surface area (Å²) in [4.78, 5) is 24.6. The van der Waals surface area contributed by atoms with E-state index in [2.05, 4.69) is 10.1 Å². The Bertz CT molecular complexity index is 579. The molecule has 0 spiro atoms. The summed E-state index contributed by atoms with van der Waals surface area (Å²) in [5.74, 6) is -1.00. The van der Waals surface area contributed by atoms with E-state index in [-0.39, 0.29) is 18.8 Å². The number of rotatable bonds is 9. The SMILES string of the molecule is C[C@]1(C(=O)[C@H](Cc2ccccc2)NC(=O)[C@@H](N)COC(F)F)CO1. The van der Waals surface area contributed by atoms with Crippen molar-refractivity contribution in [2.24, 2.45) is 5.73 Å². The molecule has 132 valence electrons. The van der Waals surface area contributed by atoms with Crippen LogP contribution in [-0.2, 0) is 25.5 Å². The fourth-order valence-corrected chi connectivity index (χ4v) is 2.21. The summed E-state index contributed by atoms with van der Waals surface area (Å²) in [5.41, 5.74) is 5.44. The van der Waals surface area contributed by atoms with Gasteiger partial charge in [-0.25, -0.2) is 0 Å². The molecule has 24 heavy (non-hydrogen) atoms. The molecule has 3 N–H and O–H groups in total. The standard InChI is InChI=1S/C16H20F2N2O4/c1-16(9-24-16)13(21)12(7-10-5-3-2-4-6-10)20-14(22)11(19)8-23-15(17)18/h2-6,11-12,15H,7-9,19H2,1H3,(H,20,22)/t11-,12-,16+/m0/s1. The van der Waals surface area contributed by atoms with Crippen LogP contribution in [0.15, 0.2) is 30.3 Å². The van der Waals surface area contributed by atoms with Gasteiger partial charge in [-0.05, 0) is 18.9 Å². The minimum absolute atomic E-state index is 0.257. The highest BCUT2D eigenvalue weighted by molar-refractivity contribution is 5.97. The van der Waals surface area contributed by atoms with E-state index in [1.165, 1.54) is 0 Å². The zero-order valence-corrected chi connectivity index (χ0v) is 13.2. The minimum atomic E-state index is -3.01. The van der Waals surface area contributed by atoms with Gasteiger partial charge in [0.25, 0.3) is 0 Å². The number of benzene rings is 1. The van der Waals surface area contributed by atoms with E-state index in [0.29, 0.717) is 0 Å². The number of halogens is 2. The largest absolute Gasteiger partial charge is 0.361 e. The van der Waals surface area contributed by atoms with E-state index in [9.17, 15) is 18.4 Å². The fourth-order valence-electron chi connectivity index (χ4n) is 2.21. The smallest absolute Gasteiger partial charge is 0.345 e. The molecule has 0 aromatic heterocycles. The molecule has 1 amide bonds. The van der Waals surface area contributed by atoms with Crippen molar-refractivity contribution in [1.82, 2.24) is 5.32 Å². The van der Waals surface area contributed by atoms with Crippen LogP contribution in [0.3, 0.4) is 0 Å². The second kappa shape index (κ2) is 7.78. The van der Waals surface area contributed by atoms with Crippen molar-refractivity contribution in [2.75, 3.05) is 13.2 Å².